The zero-order chi connectivity index (χ0) is 13.4. The van der Waals surface area contributed by atoms with Gasteiger partial charge in [-0.25, -0.2) is 0 Å². The van der Waals surface area contributed by atoms with E-state index in [4.69, 9.17) is 0 Å². The molecule has 2 unspecified atom stereocenters. The number of hydrogen-bond donors (Lipinski definition) is 1. The molecule has 108 valence electrons. The molecule has 0 aromatic carbocycles. The summed E-state index contributed by atoms with van der Waals surface area (Å²) in [5.74, 6) is 3.39. The van der Waals surface area contributed by atoms with Crippen molar-refractivity contribution >= 4 is 11.8 Å². The Bertz CT molecular complexity index is 209. The predicted octanol–water partition coefficient (Wildman–Crippen LogP) is 3.23. The quantitative estimate of drug-likeness (QED) is 0.683. The van der Waals surface area contributed by atoms with Crippen LogP contribution in [0, 0.1) is 5.92 Å². The highest BCUT2D eigenvalue weighted by Crippen LogP contribution is 2.17. The molecule has 1 fully saturated rings. The Labute approximate surface area is 118 Å². The maximum absolute atomic E-state index is 3.71. The van der Waals surface area contributed by atoms with E-state index in [2.05, 4.69) is 49.7 Å². The molecule has 0 amide bonds. The first kappa shape index (κ1) is 16.3. The van der Waals surface area contributed by atoms with Gasteiger partial charge in [-0.2, -0.15) is 11.8 Å². The van der Waals surface area contributed by atoms with Crippen LogP contribution in [0.4, 0.5) is 0 Å². The summed E-state index contributed by atoms with van der Waals surface area (Å²) in [4.78, 5) is 2.75. The highest BCUT2D eigenvalue weighted by atomic mass is 32.2. The lowest BCUT2D eigenvalue weighted by molar-refractivity contribution is 0.113. The number of rotatable bonds is 8. The fourth-order valence-corrected chi connectivity index (χ4v) is 3.39. The van der Waals surface area contributed by atoms with Crippen molar-refractivity contribution in [2.24, 2.45) is 5.92 Å². The van der Waals surface area contributed by atoms with Gasteiger partial charge in [0.25, 0.3) is 0 Å². The fourth-order valence-electron chi connectivity index (χ4n) is 2.77. The topological polar surface area (TPSA) is 15.3 Å². The van der Waals surface area contributed by atoms with Crippen molar-refractivity contribution in [3.8, 4) is 0 Å². The van der Waals surface area contributed by atoms with Gasteiger partial charge in [0, 0.05) is 25.2 Å². The van der Waals surface area contributed by atoms with Crippen molar-refractivity contribution in [1.29, 1.82) is 0 Å². The first-order valence-corrected chi connectivity index (χ1v) is 8.88. The fraction of sp³-hybridized carbons (Fsp3) is 1.00. The maximum atomic E-state index is 3.71. The summed E-state index contributed by atoms with van der Waals surface area (Å²) in [5.41, 5.74) is 0. The molecule has 1 aliphatic rings. The van der Waals surface area contributed by atoms with Crippen LogP contribution in [0.2, 0.25) is 0 Å². The van der Waals surface area contributed by atoms with Gasteiger partial charge in [0.15, 0.2) is 0 Å². The summed E-state index contributed by atoms with van der Waals surface area (Å²) >= 11 is 2.08. The van der Waals surface area contributed by atoms with Crippen LogP contribution in [-0.2, 0) is 0 Å². The van der Waals surface area contributed by atoms with Gasteiger partial charge in [-0.3, -0.25) is 4.90 Å². The van der Waals surface area contributed by atoms with E-state index < -0.39 is 0 Å². The summed E-state index contributed by atoms with van der Waals surface area (Å²) in [6.07, 6.45) is 3.95. The normalized spacial score (nSPS) is 25.8. The van der Waals surface area contributed by atoms with Gasteiger partial charge in [0.2, 0.25) is 0 Å². The molecule has 1 N–H and O–H groups in total. The Morgan fingerprint density at radius 2 is 2.11 bits per heavy atom. The molecule has 0 bridgehead atoms. The van der Waals surface area contributed by atoms with Gasteiger partial charge in [-0.1, -0.05) is 27.7 Å². The van der Waals surface area contributed by atoms with Crippen LogP contribution in [-0.4, -0.2) is 48.1 Å². The standard InChI is InChI=1S/C15H32N2S/c1-5-14-12-17(8-7-9-18-6-2)15(11-16-14)10-13(3)4/h13-16H,5-12H2,1-4H3. The summed E-state index contributed by atoms with van der Waals surface area (Å²) in [6, 6.07) is 1.48. The van der Waals surface area contributed by atoms with Crippen LogP contribution in [0.3, 0.4) is 0 Å². The summed E-state index contributed by atoms with van der Waals surface area (Å²) in [6.45, 7) is 13.0. The zero-order valence-corrected chi connectivity index (χ0v) is 13.6. The van der Waals surface area contributed by atoms with Crippen LogP contribution in [0.1, 0.15) is 47.0 Å². The van der Waals surface area contributed by atoms with Gasteiger partial charge in [0.05, 0.1) is 0 Å². The first-order valence-electron chi connectivity index (χ1n) is 7.72. The number of nitrogens with one attached hydrogen (secondary N) is 1. The molecule has 0 spiro atoms. The van der Waals surface area contributed by atoms with Crippen molar-refractivity contribution < 1.29 is 0 Å². The smallest absolute Gasteiger partial charge is 0.0223 e. The molecule has 1 saturated heterocycles. The van der Waals surface area contributed by atoms with Crippen molar-refractivity contribution in [3.63, 3.8) is 0 Å². The van der Waals surface area contributed by atoms with E-state index in [1.54, 1.807) is 0 Å². The molecule has 2 nitrogen and oxygen atoms in total. The zero-order valence-electron chi connectivity index (χ0n) is 12.7. The molecule has 3 heteroatoms. The predicted molar refractivity (Wildman–Crippen MR) is 84.5 cm³/mol. The average molecular weight is 273 g/mol. The molecule has 0 radical (unpaired) electrons. The second-order valence-corrected chi connectivity index (χ2v) is 7.24. The van der Waals surface area contributed by atoms with Crippen molar-refractivity contribution in [1.82, 2.24) is 10.2 Å². The Balaban J connectivity index is 2.38. The number of piperazine rings is 1. The molecule has 1 rings (SSSR count). The van der Waals surface area contributed by atoms with Crippen molar-refractivity contribution in [2.75, 3.05) is 31.1 Å². The van der Waals surface area contributed by atoms with Crippen LogP contribution >= 0.6 is 11.8 Å². The average Bonchev–Trinajstić information content (AvgIpc) is 2.35. The van der Waals surface area contributed by atoms with Gasteiger partial charge >= 0.3 is 0 Å². The molecule has 0 aliphatic carbocycles. The third kappa shape index (κ3) is 5.94. The molecule has 0 saturated carbocycles. The van der Waals surface area contributed by atoms with Crippen LogP contribution in [0.5, 0.6) is 0 Å². The monoisotopic (exact) mass is 272 g/mol. The molecule has 0 aromatic rings. The van der Waals surface area contributed by atoms with E-state index in [0.717, 1.165) is 12.0 Å². The Hall–Kier alpha value is 0.270. The molecular weight excluding hydrogens is 240 g/mol. The lowest BCUT2D eigenvalue weighted by atomic mass is 9.98. The Morgan fingerprint density at radius 1 is 1.33 bits per heavy atom. The first-order chi connectivity index (χ1) is 8.67. The molecule has 2 atom stereocenters. The summed E-state index contributed by atoms with van der Waals surface area (Å²) < 4.78 is 0. The minimum atomic E-state index is 0.715. The largest absolute Gasteiger partial charge is 0.311 e. The van der Waals surface area contributed by atoms with E-state index in [0.29, 0.717) is 6.04 Å². The van der Waals surface area contributed by atoms with E-state index in [1.807, 2.05) is 0 Å². The molecule has 0 aromatic heterocycles. The van der Waals surface area contributed by atoms with Crippen molar-refractivity contribution in [3.05, 3.63) is 0 Å². The van der Waals surface area contributed by atoms with E-state index >= 15 is 0 Å². The summed E-state index contributed by atoms with van der Waals surface area (Å²) in [5, 5.41) is 3.71. The van der Waals surface area contributed by atoms with Crippen LogP contribution in [0.25, 0.3) is 0 Å². The van der Waals surface area contributed by atoms with Crippen LogP contribution < -0.4 is 5.32 Å². The lowest BCUT2D eigenvalue weighted by Crippen LogP contribution is -2.56. The highest BCUT2D eigenvalue weighted by molar-refractivity contribution is 7.99. The van der Waals surface area contributed by atoms with Gasteiger partial charge in [-0.05, 0) is 43.2 Å². The molecule has 1 heterocycles. The number of thioether (sulfide) groups is 1. The SMILES string of the molecule is CCSCCCN1CC(CC)NCC1CC(C)C. The Kier molecular flexibility index (Phi) is 8.36. The highest BCUT2D eigenvalue weighted by Gasteiger charge is 2.26. The third-order valence-electron chi connectivity index (χ3n) is 3.79. The van der Waals surface area contributed by atoms with E-state index in [-0.39, 0.29) is 0 Å². The minimum absolute atomic E-state index is 0.715. The van der Waals surface area contributed by atoms with Gasteiger partial charge in [-0.15, -0.1) is 0 Å². The molecule has 18 heavy (non-hydrogen) atoms. The van der Waals surface area contributed by atoms with Gasteiger partial charge in [0.1, 0.15) is 0 Å². The molecular formula is C15H32N2S. The third-order valence-corrected chi connectivity index (χ3v) is 4.77. The second-order valence-electron chi connectivity index (χ2n) is 5.84. The minimum Gasteiger partial charge on any atom is -0.311 e. The van der Waals surface area contributed by atoms with Crippen LogP contribution in [0.15, 0.2) is 0 Å². The lowest BCUT2D eigenvalue weighted by Gasteiger charge is -2.41. The van der Waals surface area contributed by atoms with Crippen molar-refractivity contribution in [2.45, 2.75) is 59.0 Å². The van der Waals surface area contributed by atoms with Gasteiger partial charge < -0.3 is 5.32 Å². The molecule has 1 aliphatic heterocycles. The summed E-state index contributed by atoms with van der Waals surface area (Å²) in [7, 11) is 0. The number of nitrogens with zero attached hydrogens (tertiary/aromatic N) is 1. The maximum Gasteiger partial charge on any atom is 0.0223 e. The second kappa shape index (κ2) is 9.22. The number of hydrogen-bond acceptors (Lipinski definition) is 3. The Morgan fingerprint density at radius 3 is 2.72 bits per heavy atom. The van der Waals surface area contributed by atoms with E-state index in [1.165, 1.54) is 50.4 Å². The van der Waals surface area contributed by atoms with E-state index in [9.17, 15) is 0 Å².